The van der Waals surface area contributed by atoms with Crippen molar-refractivity contribution in [1.82, 2.24) is 10.6 Å². The molecule has 2 atom stereocenters. The van der Waals surface area contributed by atoms with Gasteiger partial charge in [-0.2, -0.15) is 0 Å². The van der Waals surface area contributed by atoms with Gasteiger partial charge < -0.3 is 10.6 Å². The van der Waals surface area contributed by atoms with Gasteiger partial charge in [-0.25, -0.2) is 4.79 Å². The van der Waals surface area contributed by atoms with Gasteiger partial charge >= 0.3 is 6.03 Å². The van der Waals surface area contributed by atoms with Gasteiger partial charge in [0.25, 0.3) is 5.91 Å². The summed E-state index contributed by atoms with van der Waals surface area (Å²) in [5.74, 6) is 1.46. The third-order valence-corrected chi connectivity index (χ3v) is 6.56. The minimum atomic E-state index is -0.104. The van der Waals surface area contributed by atoms with Crippen LogP contribution < -0.4 is 15.5 Å². The Kier molecular flexibility index (Phi) is 4.25. The minimum Gasteiger partial charge on any atom is -0.352 e. The minimum absolute atomic E-state index is 0.0754. The van der Waals surface area contributed by atoms with Gasteiger partial charge in [-0.3, -0.25) is 9.69 Å². The number of nitrogens with one attached hydrogen (secondary N) is 2. The van der Waals surface area contributed by atoms with Gasteiger partial charge in [0.15, 0.2) is 0 Å². The quantitative estimate of drug-likeness (QED) is 0.798. The highest BCUT2D eigenvalue weighted by Crippen LogP contribution is 2.59. The van der Waals surface area contributed by atoms with Crippen LogP contribution in [0.3, 0.4) is 0 Å². The highest BCUT2D eigenvalue weighted by atomic mass is 16.2. The summed E-state index contributed by atoms with van der Waals surface area (Å²) in [6.45, 7) is 6.68. The van der Waals surface area contributed by atoms with E-state index in [9.17, 15) is 9.59 Å². The molecule has 138 valence electrons. The first-order chi connectivity index (χ1) is 12.5. The number of urea groups is 1. The van der Waals surface area contributed by atoms with E-state index in [1.54, 1.807) is 17.0 Å². The molecule has 26 heavy (non-hydrogen) atoms. The molecule has 0 spiro atoms. The second-order valence-corrected chi connectivity index (χ2v) is 8.26. The number of hydrogen-bond donors (Lipinski definition) is 2. The van der Waals surface area contributed by atoms with Crippen LogP contribution in [0.25, 0.3) is 0 Å². The van der Waals surface area contributed by atoms with Gasteiger partial charge in [0.1, 0.15) is 0 Å². The molecule has 3 aliphatic carbocycles. The number of allylic oxidation sites excluding steroid dienone is 1. The molecule has 5 heteroatoms. The number of hydrogen-bond acceptors (Lipinski definition) is 2. The van der Waals surface area contributed by atoms with Crippen LogP contribution in [0.5, 0.6) is 0 Å². The van der Waals surface area contributed by atoms with Crippen molar-refractivity contribution in [2.45, 2.75) is 33.1 Å². The molecule has 1 aliphatic heterocycles. The zero-order chi connectivity index (χ0) is 18.3. The van der Waals surface area contributed by atoms with Crippen LogP contribution in [0, 0.1) is 17.3 Å². The average molecular weight is 353 g/mol. The Balaban J connectivity index is 1.34. The zero-order valence-corrected chi connectivity index (χ0v) is 15.5. The Morgan fingerprint density at radius 1 is 1.38 bits per heavy atom. The summed E-state index contributed by atoms with van der Waals surface area (Å²) >= 11 is 0. The molecule has 5 rings (SSSR count). The summed E-state index contributed by atoms with van der Waals surface area (Å²) in [6, 6.07) is 7.18. The monoisotopic (exact) mass is 353 g/mol. The molecule has 5 nitrogen and oxygen atoms in total. The zero-order valence-electron chi connectivity index (χ0n) is 15.5. The number of nitrogens with zero attached hydrogens (tertiary/aromatic N) is 1. The lowest BCUT2D eigenvalue weighted by molar-refractivity contribution is -0.00811. The van der Waals surface area contributed by atoms with Crippen molar-refractivity contribution in [2.24, 2.45) is 17.3 Å². The number of anilines is 1. The standard InChI is InChI=1S/C21H27N3O2/c1-21(2)16-7-6-14(18(21)13-16)8-9-22-19(25)15-4-3-5-17(12-15)24-11-10-23-20(24)26/h3-6,12,16,18H,7-11,13H2,1-2H3,(H,22,25)(H,23,26). The van der Waals surface area contributed by atoms with Crippen LogP contribution in [-0.4, -0.2) is 31.6 Å². The molecular weight excluding hydrogens is 326 g/mol. The SMILES string of the molecule is CC1(C)C2CC=C(CCNC(=O)c3cccc(N4CCNC4=O)c3)C1C2. The van der Waals surface area contributed by atoms with E-state index in [0.29, 0.717) is 36.5 Å². The smallest absolute Gasteiger partial charge is 0.321 e. The first-order valence-electron chi connectivity index (χ1n) is 9.59. The third kappa shape index (κ3) is 2.89. The molecule has 0 aromatic heterocycles. The van der Waals surface area contributed by atoms with E-state index in [1.165, 1.54) is 18.4 Å². The van der Waals surface area contributed by atoms with Crippen molar-refractivity contribution >= 4 is 17.6 Å². The lowest BCUT2D eigenvalue weighted by atomic mass is 9.48. The first-order valence-corrected chi connectivity index (χ1v) is 9.59. The van der Waals surface area contributed by atoms with Gasteiger partial charge in [-0.15, -0.1) is 0 Å². The molecule has 3 amide bonds. The van der Waals surface area contributed by atoms with E-state index in [0.717, 1.165) is 18.0 Å². The molecule has 1 aromatic carbocycles. The van der Waals surface area contributed by atoms with E-state index in [1.807, 2.05) is 12.1 Å². The van der Waals surface area contributed by atoms with Crippen LogP contribution in [0.2, 0.25) is 0 Å². The topological polar surface area (TPSA) is 61.4 Å². The lowest BCUT2D eigenvalue weighted by Gasteiger charge is -2.56. The molecule has 2 fully saturated rings. The van der Waals surface area contributed by atoms with Crippen LogP contribution in [-0.2, 0) is 0 Å². The van der Waals surface area contributed by atoms with Crippen molar-refractivity contribution in [3.63, 3.8) is 0 Å². The predicted molar refractivity (Wildman–Crippen MR) is 102 cm³/mol. The molecule has 0 radical (unpaired) electrons. The van der Waals surface area contributed by atoms with E-state index < -0.39 is 0 Å². The third-order valence-electron chi connectivity index (χ3n) is 6.56. The molecule has 1 saturated heterocycles. The number of rotatable bonds is 5. The Morgan fingerprint density at radius 2 is 2.23 bits per heavy atom. The Hall–Kier alpha value is -2.30. The maximum Gasteiger partial charge on any atom is 0.321 e. The molecule has 2 unspecified atom stereocenters. The highest BCUT2D eigenvalue weighted by molar-refractivity contribution is 5.98. The van der Waals surface area contributed by atoms with E-state index in [-0.39, 0.29) is 11.9 Å². The first kappa shape index (κ1) is 17.1. The average Bonchev–Trinajstić information content (AvgIpc) is 3.07. The number of benzene rings is 1. The number of fused-ring (bicyclic) bond motifs is 1. The number of carbonyl (C=O) groups is 2. The largest absolute Gasteiger partial charge is 0.352 e. The second kappa shape index (κ2) is 6.45. The van der Waals surface area contributed by atoms with Gasteiger partial charge in [0.05, 0.1) is 0 Å². The number of amides is 3. The van der Waals surface area contributed by atoms with E-state index >= 15 is 0 Å². The summed E-state index contributed by atoms with van der Waals surface area (Å²) in [6.07, 6.45) is 5.82. The van der Waals surface area contributed by atoms with Crippen molar-refractivity contribution in [1.29, 1.82) is 0 Å². The molecule has 1 aromatic rings. The molecule has 2 bridgehead atoms. The molecule has 2 N–H and O–H groups in total. The molecular formula is C21H27N3O2. The van der Waals surface area contributed by atoms with Crippen LogP contribution >= 0.6 is 0 Å². The fourth-order valence-corrected chi connectivity index (χ4v) is 4.71. The van der Waals surface area contributed by atoms with Crippen molar-refractivity contribution in [3.05, 3.63) is 41.5 Å². The van der Waals surface area contributed by atoms with E-state index in [2.05, 4.69) is 30.6 Å². The van der Waals surface area contributed by atoms with Gasteiger partial charge in [-0.05, 0) is 54.7 Å². The van der Waals surface area contributed by atoms with Crippen LogP contribution in [0.1, 0.15) is 43.5 Å². The van der Waals surface area contributed by atoms with Crippen molar-refractivity contribution in [3.8, 4) is 0 Å². The molecule has 1 heterocycles. The fourth-order valence-electron chi connectivity index (χ4n) is 4.71. The Labute approximate surface area is 154 Å². The van der Waals surface area contributed by atoms with Gasteiger partial charge in [0.2, 0.25) is 0 Å². The lowest BCUT2D eigenvalue weighted by Crippen LogP contribution is -2.48. The summed E-state index contributed by atoms with van der Waals surface area (Å²) in [5, 5.41) is 5.82. The Morgan fingerprint density at radius 3 is 2.92 bits per heavy atom. The van der Waals surface area contributed by atoms with Gasteiger partial charge in [0, 0.05) is 30.9 Å². The number of carbonyl (C=O) groups excluding carboxylic acids is 2. The Bertz CT molecular complexity index is 768. The van der Waals surface area contributed by atoms with Crippen molar-refractivity contribution in [2.75, 3.05) is 24.5 Å². The second-order valence-electron chi connectivity index (χ2n) is 8.26. The summed E-state index contributed by atoms with van der Waals surface area (Å²) in [4.78, 5) is 26.0. The summed E-state index contributed by atoms with van der Waals surface area (Å²) in [7, 11) is 0. The van der Waals surface area contributed by atoms with Crippen LogP contribution in [0.15, 0.2) is 35.9 Å². The van der Waals surface area contributed by atoms with Gasteiger partial charge in [-0.1, -0.05) is 31.6 Å². The normalized spacial score (nSPS) is 26.0. The molecule has 4 aliphatic rings. The van der Waals surface area contributed by atoms with Crippen LogP contribution in [0.4, 0.5) is 10.5 Å². The summed E-state index contributed by atoms with van der Waals surface area (Å²) < 4.78 is 0. The predicted octanol–water partition coefficient (Wildman–Crippen LogP) is 3.33. The summed E-state index contributed by atoms with van der Waals surface area (Å²) in [5.41, 5.74) is 3.31. The maximum atomic E-state index is 12.5. The fraction of sp³-hybridized carbons (Fsp3) is 0.524. The molecule has 1 saturated carbocycles. The van der Waals surface area contributed by atoms with E-state index in [4.69, 9.17) is 0 Å². The maximum absolute atomic E-state index is 12.5. The highest BCUT2D eigenvalue weighted by Gasteiger charge is 2.50. The van der Waals surface area contributed by atoms with Crippen molar-refractivity contribution < 1.29 is 9.59 Å².